The summed E-state index contributed by atoms with van der Waals surface area (Å²) in [7, 11) is 1.64. The summed E-state index contributed by atoms with van der Waals surface area (Å²) in [5.41, 5.74) is 2.75. The van der Waals surface area contributed by atoms with Crippen molar-refractivity contribution in [3.8, 4) is 5.75 Å². The number of amides is 1. The van der Waals surface area contributed by atoms with Crippen molar-refractivity contribution in [2.75, 3.05) is 12.4 Å². The molecule has 0 bridgehead atoms. The summed E-state index contributed by atoms with van der Waals surface area (Å²) in [6, 6.07) is 13.2. The SMILES string of the molecule is COc1ccc(/C=C/C(=O)Nc2cccc(Br)c2)cc1C. The standard InChI is InChI=1S/C17H16BrNO2/c1-12-10-13(6-8-16(12)21-2)7-9-17(20)19-15-5-3-4-14(18)11-15/h3-11H,1-2H3,(H,19,20)/b9-7+. The minimum absolute atomic E-state index is 0.165. The van der Waals surface area contributed by atoms with Crippen molar-refractivity contribution in [2.24, 2.45) is 0 Å². The molecule has 0 aliphatic heterocycles. The summed E-state index contributed by atoms with van der Waals surface area (Å²) in [6.07, 6.45) is 3.29. The number of anilines is 1. The number of hydrogen-bond acceptors (Lipinski definition) is 2. The van der Waals surface area contributed by atoms with E-state index in [2.05, 4.69) is 21.2 Å². The lowest BCUT2D eigenvalue weighted by atomic mass is 10.1. The lowest BCUT2D eigenvalue weighted by molar-refractivity contribution is -0.111. The zero-order chi connectivity index (χ0) is 15.2. The first-order chi connectivity index (χ1) is 10.1. The Bertz CT molecular complexity index is 680. The molecule has 0 saturated heterocycles. The number of nitrogens with one attached hydrogen (secondary N) is 1. The second kappa shape index (κ2) is 7.09. The fourth-order valence-corrected chi connectivity index (χ4v) is 2.33. The molecule has 0 atom stereocenters. The van der Waals surface area contributed by atoms with Crippen LogP contribution in [0.25, 0.3) is 6.08 Å². The van der Waals surface area contributed by atoms with E-state index in [0.717, 1.165) is 27.0 Å². The molecule has 1 amide bonds. The number of halogens is 1. The van der Waals surface area contributed by atoms with Crippen LogP contribution in [0.15, 0.2) is 53.0 Å². The zero-order valence-electron chi connectivity index (χ0n) is 11.9. The summed E-state index contributed by atoms with van der Waals surface area (Å²) < 4.78 is 6.13. The van der Waals surface area contributed by atoms with Crippen LogP contribution in [0.4, 0.5) is 5.69 Å². The molecule has 3 nitrogen and oxygen atoms in total. The van der Waals surface area contributed by atoms with Crippen LogP contribution in [0.2, 0.25) is 0 Å². The average Bonchev–Trinajstić information content (AvgIpc) is 2.45. The van der Waals surface area contributed by atoms with E-state index in [0.29, 0.717) is 0 Å². The maximum Gasteiger partial charge on any atom is 0.248 e. The first kappa shape index (κ1) is 15.3. The van der Waals surface area contributed by atoms with E-state index in [-0.39, 0.29) is 5.91 Å². The van der Waals surface area contributed by atoms with Gasteiger partial charge in [-0.15, -0.1) is 0 Å². The van der Waals surface area contributed by atoms with Crippen LogP contribution in [0.3, 0.4) is 0 Å². The highest BCUT2D eigenvalue weighted by atomic mass is 79.9. The third-order valence-corrected chi connectivity index (χ3v) is 3.43. The number of benzene rings is 2. The highest BCUT2D eigenvalue weighted by molar-refractivity contribution is 9.10. The number of hydrogen-bond donors (Lipinski definition) is 1. The molecule has 108 valence electrons. The van der Waals surface area contributed by atoms with Gasteiger partial charge in [-0.3, -0.25) is 4.79 Å². The Kier molecular flexibility index (Phi) is 5.17. The Morgan fingerprint density at radius 1 is 1.24 bits per heavy atom. The second-order valence-electron chi connectivity index (χ2n) is 4.56. The molecule has 0 aliphatic rings. The number of aryl methyl sites for hydroxylation is 1. The molecule has 4 heteroatoms. The topological polar surface area (TPSA) is 38.3 Å². The average molecular weight is 346 g/mol. The van der Waals surface area contributed by atoms with Crippen molar-refractivity contribution in [2.45, 2.75) is 6.92 Å². The summed E-state index contributed by atoms with van der Waals surface area (Å²) in [6.45, 7) is 1.97. The van der Waals surface area contributed by atoms with Gasteiger partial charge in [0.2, 0.25) is 5.91 Å². The first-order valence-corrected chi connectivity index (χ1v) is 7.27. The van der Waals surface area contributed by atoms with E-state index in [1.165, 1.54) is 6.08 Å². The number of carbonyl (C=O) groups is 1. The lowest BCUT2D eigenvalue weighted by Crippen LogP contribution is -2.07. The van der Waals surface area contributed by atoms with Gasteiger partial charge in [0, 0.05) is 16.2 Å². The molecule has 2 aromatic rings. The van der Waals surface area contributed by atoms with E-state index >= 15 is 0 Å². The van der Waals surface area contributed by atoms with Gasteiger partial charge in [-0.1, -0.05) is 28.1 Å². The zero-order valence-corrected chi connectivity index (χ0v) is 13.5. The number of rotatable bonds is 4. The normalized spacial score (nSPS) is 10.6. The maximum absolute atomic E-state index is 11.9. The van der Waals surface area contributed by atoms with Crippen molar-refractivity contribution >= 4 is 33.6 Å². The molecule has 2 rings (SSSR count). The van der Waals surface area contributed by atoms with Gasteiger partial charge >= 0.3 is 0 Å². The molecular formula is C17H16BrNO2. The van der Waals surface area contributed by atoms with E-state index in [4.69, 9.17) is 4.74 Å². The molecule has 0 radical (unpaired) electrons. The Balaban J connectivity index is 2.03. The Labute approximate surface area is 132 Å². The highest BCUT2D eigenvalue weighted by Gasteiger charge is 2.00. The predicted octanol–water partition coefficient (Wildman–Crippen LogP) is 4.42. The molecule has 0 heterocycles. The van der Waals surface area contributed by atoms with Crippen LogP contribution in [0, 0.1) is 6.92 Å². The molecule has 0 unspecified atom stereocenters. The van der Waals surface area contributed by atoms with Crippen molar-refractivity contribution in [3.63, 3.8) is 0 Å². The predicted molar refractivity (Wildman–Crippen MR) is 89.5 cm³/mol. The number of methoxy groups -OCH3 is 1. The third kappa shape index (κ3) is 4.46. The molecule has 2 aromatic carbocycles. The minimum atomic E-state index is -0.165. The number of carbonyl (C=O) groups excluding carboxylic acids is 1. The molecule has 1 N–H and O–H groups in total. The largest absolute Gasteiger partial charge is 0.496 e. The summed E-state index contributed by atoms with van der Waals surface area (Å²) in [5, 5.41) is 2.81. The van der Waals surface area contributed by atoms with Gasteiger partial charge in [0.1, 0.15) is 5.75 Å². The van der Waals surface area contributed by atoms with Crippen LogP contribution in [0.5, 0.6) is 5.75 Å². The van der Waals surface area contributed by atoms with Crippen molar-refractivity contribution in [3.05, 3.63) is 64.1 Å². The van der Waals surface area contributed by atoms with Crippen LogP contribution in [-0.4, -0.2) is 13.0 Å². The highest BCUT2D eigenvalue weighted by Crippen LogP contribution is 2.19. The van der Waals surface area contributed by atoms with E-state index in [9.17, 15) is 4.79 Å². The monoisotopic (exact) mass is 345 g/mol. The van der Waals surface area contributed by atoms with E-state index in [1.807, 2.05) is 49.4 Å². The Hall–Kier alpha value is -2.07. The van der Waals surface area contributed by atoms with Crippen LogP contribution >= 0.6 is 15.9 Å². The fraction of sp³-hybridized carbons (Fsp3) is 0.118. The second-order valence-corrected chi connectivity index (χ2v) is 5.48. The maximum atomic E-state index is 11.9. The van der Waals surface area contributed by atoms with Gasteiger partial charge in [-0.2, -0.15) is 0 Å². The number of ether oxygens (including phenoxy) is 1. The van der Waals surface area contributed by atoms with Gasteiger partial charge < -0.3 is 10.1 Å². The van der Waals surface area contributed by atoms with Crippen molar-refractivity contribution in [1.82, 2.24) is 0 Å². The summed E-state index contributed by atoms with van der Waals surface area (Å²) in [4.78, 5) is 11.9. The Morgan fingerprint density at radius 2 is 2.05 bits per heavy atom. The smallest absolute Gasteiger partial charge is 0.248 e. The molecule has 0 aromatic heterocycles. The van der Waals surface area contributed by atoms with Crippen LogP contribution < -0.4 is 10.1 Å². The van der Waals surface area contributed by atoms with Gasteiger partial charge in [0.05, 0.1) is 7.11 Å². The summed E-state index contributed by atoms with van der Waals surface area (Å²) in [5.74, 6) is 0.673. The fourth-order valence-electron chi connectivity index (χ4n) is 1.93. The van der Waals surface area contributed by atoms with Crippen molar-refractivity contribution in [1.29, 1.82) is 0 Å². The molecule has 0 aliphatic carbocycles. The molecule has 0 fully saturated rings. The van der Waals surface area contributed by atoms with Crippen LogP contribution in [-0.2, 0) is 4.79 Å². The molecule has 21 heavy (non-hydrogen) atoms. The minimum Gasteiger partial charge on any atom is -0.496 e. The van der Waals surface area contributed by atoms with Crippen LogP contribution in [0.1, 0.15) is 11.1 Å². The molecule has 0 spiro atoms. The first-order valence-electron chi connectivity index (χ1n) is 6.48. The lowest BCUT2D eigenvalue weighted by Gasteiger charge is -2.05. The van der Waals surface area contributed by atoms with Gasteiger partial charge in [-0.25, -0.2) is 0 Å². The van der Waals surface area contributed by atoms with Crippen molar-refractivity contribution < 1.29 is 9.53 Å². The van der Waals surface area contributed by atoms with Gasteiger partial charge in [-0.05, 0) is 54.5 Å². The van der Waals surface area contributed by atoms with E-state index < -0.39 is 0 Å². The summed E-state index contributed by atoms with van der Waals surface area (Å²) >= 11 is 3.37. The van der Waals surface area contributed by atoms with E-state index in [1.54, 1.807) is 13.2 Å². The Morgan fingerprint density at radius 3 is 2.71 bits per heavy atom. The van der Waals surface area contributed by atoms with Gasteiger partial charge in [0.25, 0.3) is 0 Å². The molecule has 0 saturated carbocycles. The quantitative estimate of drug-likeness (QED) is 0.833. The third-order valence-electron chi connectivity index (χ3n) is 2.94. The van der Waals surface area contributed by atoms with Gasteiger partial charge in [0.15, 0.2) is 0 Å². The molecular weight excluding hydrogens is 330 g/mol.